The number of aryl methyl sites for hydroxylation is 2. The Morgan fingerprint density at radius 2 is 2.09 bits per heavy atom. The third kappa shape index (κ3) is 4.08. The van der Waals surface area contributed by atoms with E-state index in [0.29, 0.717) is 11.3 Å². The topological polar surface area (TPSA) is 75.3 Å². The average molecular weight is 352 g/mol. The van der Waals surface area contributed by atoms with E-state index in [1.54, 1.807) is 26.0 Å². The second kappa shape index (κ2) is 7.39. The molecule has 2 N–H and O–H groups in total. The predicted octanol–water partition coefficient (Wildman–Crippen LogP) is 1.21. The molecule has 0 radical (unpaired) electrons. The Morgan fingerprint density at radius 1 is 1.35 bits per heavy atom. The summed E-state index contributed by atoms with van der Waals surface area (Å²) in [6.45, 7) is 5.49. The maximum atomic E-state index is 12.8. The minimum Gasteiger partial charge on any atom is -0.331 e. The van der Waals surface area contributed by atoms with E-state index in [1.807, 2.05) is 13.0 Å². The first-order valence-electron chi connectivity index (χ1n) is 7.22. The van der Waals surface area contributed by atoms with Crippen LogP contribution in [0.1, 0.15) is 18.1 Å². The lowest BCUT2D eigenvalue weighted by Crippen LogP contribution is -2.59. The fourth-order valence-corrected chi connectivity index (χ4v) is 4.95. The Hall–Kier alpha value is -1.49. The number of thioether (sulfide) groups is 1. The summed E-state index contributed by atoms with van der Waals surface area (Å²) in [5, 5.41) is 4.63. The lowest BCUT2D eigenvalue weighted by Gasteiger charge is -2.29. The van der Waals surface area contributed by atoms with Crippen LogP contribution in [0, 0.1) is 25.7 Å². The standard InChI is InChI=1S/C16H20N2O3S2/c1-4-5-8-22-16-17-10-14(15(19)18-16)23(20,21)13-7-6-11(2)9-12(13)3/h6-7,9,14,16-17H,8,10H2,1-3H3,(H,18,19). The van der Waals surface area contributed by atoms with Crippen molar-refractivity contribution in [3.8, 4) is 11.8 Å². The van der Waals surface area contributed by atoms with Crippen LogP contribution in [-0.2, 0) is 14.6 Å². The number of amides is 1. The molecule has 124 valence electrons. The smallest absolute Gasteiger partial charge is 0.241 e. The van der Waals surface area contributed by atoms with Gasteiger partial charge in [0.05, 0.1) is 10.6 Å². The highest BCUT2D eigenvalue weighted by Gasteiger charge is 2.39. The van der Waals surface area contributed by atoms with Gasteiger partial charge in [0.2, 0.25) is 5.91 Å². The Bertz CT molecular complexity index is 763. The van der Waals surface area contributed by atoms with Crippen molar-refractivity contribution in [2.45, 2.75) is 36.4 Å². The third-order valence-electron chi connectivity index (χ3n) is 3.56. The molecule has 1 amide bonds. The van der Waals surface area contributed by atoms with E-state index in [-0.39, 0.29) is 16.9 Å². The quantitative estimate of drug-likeness (QED) is 0.797. The molecule has 1 aromatic carbocycles. The second-order valence-electron chi connectivity index (χ2n) is 5.34. The van der Waals surface area contributed by atoms with Gasteiger partial charge in [0, 0.05) is 6.54 Å². The maximum Gasteiger partial charge on any atom is 0.241 e. The van der Waals surface area contributed by atoms with Crippen molar-refractivity contribution in [3.05, 3.63) is 29.3 Å². The van der Waals surface area contributed by atoms with Crippen LogP contribution in [0.3, 0.4) is 0 Å². The largest absolute Gasteiger partial charge is 0.331 e. The number of carbonyl (C=O) groups is 1. The Labute approximate surface area is 141 Å². The second-order valence-corrected chi connectivity index (χ2v) is 8.53. The highest BCUT2D eigenvalue weighted by Crippen LogP contribution is 2.23. The lowest BCUT2D eigenvalue weighted by molar-refractivity contribution is -0.122. The van der Waals surface area contributed by atoms with Gasteiger partial charge in [0.1, 0.15) is 5.50 Å². The molecule has 1 heterocycles. The van der Waals surface area contributed by atoms with Crippen LogP contribution in [0.15, 0.2) is 23.1 Å². The van der Waals surface area contributed by atoms with E-state index in [4.69, 9.17) is 0 Å². The molecule has 2 atom stereocenters. The number of carbonyl (C=O) groups excluding carboxylic acids is 1. The number of rotatable bonds is 4. The molecule has 0 aliphatic carbocycles. The van der Waals surface area contributed by atoms with E-state index < -0.39 is 21.0 Å². The molecule has 23 heavy (non-hydrogen) atoms. The van der Waals surface area contributed by atoms with Crippen LogP contribution in [0.2, 0.25) is 0 Å². The van der Waals surface area contributed by atoms with Crippen LogP contribution in [0.5, 0.6) is 0 Å². The lowest BCUT2D eigenvalue weighted by atomic mass is 10.2. The summed E-state index contributed by atoms with van der Waals surface area (Å²) in [5.41, 5.74) is 1.34. The number of benzene rings is 1. The first-order chi connectivity index (χ1) is 10.9. The van der Waals surface area contributed by atoms with Crippen molar-refractivity contribution in [2.75, 3.05) is 12.3 Å². The molecule has 0 bridgehead atoms. The molecular weight excluding hydrogens is 332 g/mol. The Balaban J connectivity index is 2.15. The van der Waals surface area contributed by atoms with Crippen LogP contribution < -0.4 is 10.6 Å². The third-order valence-corrected chi connectivity index (χ3v) is 6.69. The van der Waals surface area contributed by atoms with Gasteiger partial charge in [0.15, 0.2) is 15.1 Å². The SMILES string of the molecule is CC#CCSC1NCC(S(=O)(=O)c2ccc(C)cc2C)C(=O)N1. The van der Waals surface area contributed by atoms with Gasteiger partial charge in [-0.05, 0) is 32.4 Å². The summed E-state index contributed by atoms with van der Waals surface area (Å²) in [6.07, 6.45) is 0. The molecule has 0 spiro atoms. The molecular formula is C16H20N2O3S2. The van der Waals surface area contributed by atoms with Gasteiger partial charge in [0.25, 0.3) is 0 Å². The first-order valence-corrected chi connectivity index (χ1v) is 9.82. The van der Waals surface area contributed by atoms with Crippen molar-refractivity contribution in [1.82, 2.24) is 10.6 Å². The van der Waals surface area contributed by atoms with Crippen molar-refractivity contribution in [1.29, 1.82) is 0 Å². The average Bonchev–Trinajstić information content (AvgIpc) is 2.47. The van der Waals surface area contributed by atoms with Gasteiger partial charge in [-0.15, -0.1) is 17.7 Å². The van der Waals surface area contributed by atoms with Crippen LogP contribution in [0.25, 0.3) is 0 Å². The fraction of sp³-hybridized carbons (Fsp3) is 0.438. The maximum absolute atomic E-state index is 12.8. The van der Waals surface area contributed by atoms with Crippen molar-refractivity contribution >= 4 is 27.5 Å². The summed E-state index contributed by atoms with van der Waals surface area (Å²) in [6, 6.07) is 5.13. The highest BCUT2D eigenvalue weighted by molar-refractivity contribution is 8.00. The summed E-state index contributed by atoms with van der Waals surface area (Å²) < 4.78 is 25.5. The fourth-order valence-electron chi connectivity index (χ4n) is 2.40. The zero-order valence-corrected chi connectivity index (χ0v) is 15.0. The van der Waals surface area contributed by atoms with Crippen molar-refractivity contribution < 1.29 is 13.2 Å². The van der Waals surface area contributed by atoms with E-state index in [9.17, 15) is 13.2 Å². The van der Waals surface area contributed by atoms with Gasteiger partial charge < -0.3 is 5.32 Å². The van der Waals surface area contributed by atoms with Crippen LogP contribution >= 0.6 is 11.8 Å². The molecule has 1 fully saturated rings. The minimum atomic E-state index is -3.72. The zero-order valence-electron chi connectivity index (χ0n) is 13.3. The number of hydrogen-bond donors (Lipinski definition) is 2. The van der Waals surface area contributed by atoms with Gasteiger partial charge in [-0.3, -0.25) is 10.1 Å². The van der Waals surface area contributed by atoms with Crippen LogP contribution in [-0.4, -0.2) is 37.4 Å². The summed E-state index contributed by atoms with van der Waals surface area (Å²) in [4.78, 5) is 12.5. The molecule has 2 unspecified atom stereocenters. The van der Waals surface area contributed by atoms with Gasteiger partial charge in [-0.1, -0.05) is 23.6 Å². The highest BCUT2D eigenvalue weighted by atomic mass is 32.2. The van der Waals surface area contributed by atoms with Crippen molar-refractivity contribution in [3.63, 3.8) is 0 Å². The summed E-state index contributed by atoms with van der Waals surface area (Å²) in [5.74, 6) is 5.78. The summed E-state index contributed by atoms with van der Waals surface area (Å²) >= 11 is 1.43. The number of sulfone groups is 1. The monoisotopic (exact) mass is 352 g/mol. The predicted molar refractivity (Wildman–Crippen MR) is 92.7 cm³/mol. The minimum absolute atomic E-state index is 0.0959. The Kier molecular flexibility index (Phi) is 5.74. The number of hydrogen-bond acceptors (Lipinski definition) is 5. The summed E-state index contributed by atoms with van der Waals surface area (Å²) in [7, 11) is -3.72. The van der Waals surface area contributed by atoms with Gasteiger partial charge >= 0.3 is 0 Å². The number of nitrogens with one attached hydrogen (secondary N) is 2. The first kappa shape index (κ1) is 17.9. The molecule has 7 heteroatoms. The van der Waals surface area contributed by atoms with Crippen molar-refractivity contribution in [2.24, 2.45) is 0 Å². The van der Waals surface area contributed by atoms with E-state index in [0.717, 1.165) is 5.56 Å². The van der Waals surface area contributed by atoms with E-state index in [1.165, 1.54) is 11.8 Å². The molecule has 1 aromatic rings. The molecule has 0 aromatic heterocycles. The Morgan fingerprint density at radius 3 is 2.70 bits per heavy atom. The normalized spacial score (nSPS) is 21.3. The molecule has 1 aliphatic heterocycles. The molecule has 1 saturated heterocycles. The van der Waals surface area contributed by atoms with Crippen LogP contribution in [0.4, 0.5) is 0 Å². The molecule has 0 saturated carbocycles. The zero-order chi connectivity index (χ0) is 17.0. The van der Waals surface area contributed by atoms with Gasteiger partial charge in [-0.25, -0.2) is 8.42 Å². The molecule has 5 nitrogen and oxygen atoms in total. The molecule has 2 rings (SSSR count). The van der Waals surface area contributed by atoms with Gasteiger partial charge in [-0.2, -0.15) is 0 Å². The molecule has 1 aliphatic rings. The van der Waals surface area contributed by atoms with E-state index >= 15 is 0 Å². The van der Waals surface area contributed by atoms with E-state index in [2.05, 4.69) is 22.5 Å².